The van der Waals surface area contributed by atoms with Crippen LogP contribution >= 0.6 is 21.6 Å². The summed E-state index contributed by atoms with van der Waals surface area (Å²) in [5, 5.41) is 6.65. The van der Waals surface area contributed by atoms with Crippen LogP contribution in [0.1, 0.15) is 95.8 Å². The van der Waals surface area contributed by atoms with Crippen molar-refractivity contribution in [2.45, 2.75) is 95.8 Å². The summed E-state index contributed by atoms with van der Waals surface area (Å²) in [6.07, 6.45) is 4.54. The van der Waals surface area contributed by atoms with Crippen molar-refractivity contribution < 1.29 is 38.1 Å². The van der Waals surface area contributed by atoms with Crippen LogP contribution in [0.3, 0.4) is 0 Å². The molecule has 0 radical (unpaired) electrons. The normalized spacial score (nSPS) is 16.7. The number of carbonyl (C=O) groups excluding carboxylic acids is 4. The molecular weight excluding hydrogens is 923 g/mol. The molecule has 0 unspecified atom stereocenters. The van der Waals surface area contributed by atoms with E-state index in [2.05, 4.69) is 41.5 Å². The monoisotopic (exact) mass is 983 g/mol. The van der Waals surface area contributed by atoms with E-state index in [0.717, 1.165) is 64.3 Å². The lowest BCUT2D eigenvalue weighted by Gasteiger charge is -2.25. The fourth-order valence-electron chi connectivity index (χ4n) is 9.86. The number of Topliss-reactive ketones (excluding diaryl/α,β-unsaturated/α-hetero) is 1. The number of nitrogens with one attached hydrogen (secondary N) is 2. The van der Waals surface area contributed by atoms with Gasteiger partial charge in [-0.1, -0.05) is 64.9 Å². The molecule has 0 aliphatic carbocycles. The highest BCUT2D eigenvalue weighted by Crippen LogP contribution is 2.44. The third kappa shape index (κ3) is 10.4. The molecule has 2 N–H and O–H groups in total. The van der Waals surface area contributed by atoms with Crippen LogP contribution in [0.2, 0.25) is 0 Å². The van der Waals surface area contributed by atoms with Gasteiger partial charge in [-0.15, -0.1) is 0 Å². The van der Waals surface area contributed by atoms with E-state index < -0.39 is 0 Å². The van der Waals surface area contributed by atoms with E-state index in [-0.39, 0.29) is 53.5 Å². The van der Waals surface area contributed by atoms with Gasteiger partial charge in [0.2, 0.25) is 5.91 Å². The zero-order valence-electron chi connectivity index (χ0n) is 40.7. The number of hydrogen-bond acceptors (Lipinski definition) is 12. The first kappa shape index (κ1) is 48.7. The zero-order valence-corrected chi connectivity index (χ0v) is 42.4. The van der Waals surface area contributed by atoms with Gasteiger partial charge >= 0.3 is 0 Å². The molecular formula is C55H61N5O8S2. The van der Waals surface area contributed by atoms with Gasteiger partial charge in [0.25, 0.3) is 11.8 Å². The standard InChI is InChI=1S/C55H61N5O8S2/c1-7-41(61)15-12-20-69-70-55(2,3)19-18-52(62)57-38-22-34(32-67-50-28-44-42(26-48(50)65-5)53(63)59-39(30-56-44)24-36-13-8-10-16-45(36)59)21-35(23-38)33-68-51-29-47-43(27-49(51)66-6)54(64)60-40(31-58(47)4)25-37-14-9-11-17-46(37)60/h8-11,13-14,16-17,21-23,26-29,39-40,56H,7,12,15,18-20,24-25,30-33H2,1-6H3,(H,57,62)/t39-,40-/m0/s1. The molecule has 5 aromatic carbocycles. The summed E-state index contributed by atoms with van der Waals surface area (Å²) in [4.78, 5) is 59.7. The Balaban J connectivity index is 0.942. The van der Waals surface area contributed by atoms with Crippen molar-refractivity contribution in [3.8, 4) is 23.0 Å². The highest BCUT2D eigenvalue weighted by molar-refractivity contribution is 8.77. The SMILES string of the molecule is CCC(=O)CCCSSC(C)(C)CCC(=O)Nc1cc(COc2cc3c(cc2OC)C(=O)N2c4ccccc4C[C@H]2CN3)cc(COc2cc3c(cc2OC)C(=O)N2c4ccccc4C[C@H]2CN3C)c1. The Labute approximate surface area is 418 Å². The lowest BCUT2D eigenvalue weighted by molar-refractivity contribution is -0.119. The summed E-state index contributed by atoms with van der Waals surface area (Å²) in [6.45, 7) is 7.63. The molecule has 15 heteroatoms. The smallest absolute Gasteiger partial charge is 0.260 e. The van der Waals surface area contributed by atoms with Gasteiger partial charge in [0.15, 0.2) is 23.0 Å². The van der Waals surface area contributed by atoms with E-state index in [0.29, 0.717) is 84.3 Å². The number of hydrogen-bond donors (Lipinski definition) is 2. The number of likely N-dealkylation sites (N-methyl/N-ethyl adjacent to an activating group) is 1. The number of benzene rings is 5. The van der Waals surface area contributed by atoms with Crippen LogP contribution < -0.4 is 44.3 Å². The molecule has 4 aliphatic rings. The third-order valence-electron chi connectivity index (χ3n) is 13.5. The molecule has 0 fully saturated rings. The predicted molar refractivity (Wildman–Crippen MR) is 281 cm³/mol. The Kier molecular flexibility index (Phi) is 14.6. The van der Waals surface area contributed by atoms with Crippen LogP contribution in [0.25, 0.3) is 0 Å². The molecule has 0 spiro atoms. The first-order valence-electron chi connectivity index (χ1n) is 24.1. The summed E-state index contributed by atoms with van der Waals surface area (Å²) in [6, 6.07) is 29.1. The molecule has 3 amide bonds. The number of fused-ring (bicyclic) bond motifs is 8. The van der Waals surface area contributed by atoms with Crippen LogP contribution in [-0.2, 0) is 35.6 Å². The summed E-state index contributed by atoms with van der Waals surface area (Å²) in [5.74, 6) is 2.67. The molecule has 0 saturated heterocycles. The summed E-state index contributed by atoms with van der Waals surface area (Å²) >= 11 is 0. The predicted octanol–water partition coefficient (Wildman–Crippen LogP) is 10.5. The summed E-state index contributed by atoms with van der Waals surface area (Å²) < 4.78 is 24.6. The number of carbonyl (C=O) groups is 4. The highest BCUT2D eigenvalue weighted by atomic mass is 33.1. The molecule has 2 atom stereocenters. The molecule has 5 aromatic rings. The van der Waals surface area contributed by atoms with Crippen LogP contribution in [-0.4, -0.2) is 80.4 Å². The molecule has 0 aromatic heterocycles. The second kappa shape index (κ2) is 21.0. The third-order valence-corrected chi connectivity index (χ3v) is 16.9. The highest BCUT2D eigenvalue weighted by Gasteiger charge is 2.40. The van der Waals surface area contributed by atoms with E-state index in [9.17, 15) is 19.2 Å². The molecule has 4 aliphatic heterocycles. The van der Waals surface area contributed by atoms with Crippen LogP contribution in [0.15, 0.2) is 91.0 Å². The molecule has 4 heterocycles. The van der Waals surface area contributed by atoms with Crippen LogP contribution in [0.5, 0.6) is 23.0 Å². The van der Waals surface area contributed by atoms with Gasteiger partial charge in [-0.25, -0.2) is 0 Å². The van der Waals surface area contributed by atoms with Crippen molar-refractivity contribution in [2.24, 2.45) is 0 Å². The fraction of sp³-hybridized carbons (Fsp3) is 0.382. The van der Waals surface area contributed by atoms with Crippen molar-refractivity contribution >= 4 is 73.5 Å². The number of anilines is 5. The molecule has 13 nitrogen and oxygen atoms in total. The second-order valence-electron chi connectivity index (χ2n) is 19.0. The van der Waals surface area contributed by atoms with E-state index in [1.54, 1.807) is 47.9 Å². The quantitative estimate of drug-likeness (QED) is 0.0601. The van der Waals surface area contributed by atoms with Crippen molar-refractivity contribution in [1.82, 2.24) is 0 Å². The zero-order chi connectivity index (χ0) is 49.1. The molecule has 366 valence electrons. The molecule has 70 heavy (non-hydrogen) atoms. The van der Waals surface area contributed by atoms with Gasteiger partial charge in [0, 0.05) is 79.1 Å². The Morgan fingerprint density at radius 3 is 2.00 bits per heavy atom. The summed E-state index contributed by atoms with van der Waals surface area (Å²) in [5.41, 5.74) is 8.79. The van der Waals surface area contributed by atoms with E-state index in [1.165, 1.54) is 0 Å². The number of methoxy groups -OCH3 is 2. The molecule has 0 saturated carbocycles. The Morgan fingerprint density at radius 2 is 1.34 bits per heavy atom. The van der Waals surface area contributed by atoms with Gasteiger partial charge in [-0.05, 0) is 104 Å². The van der Waals surface area contributed by atoms with Crippen molar-refractivity contribution in [3.63, 3.8) is 0 Å². The van der Waals surface area contributed by atoms with Crippen LogP contribution in [0.4, 0.5) is 28.4 Å². The first-order valence-corrected chi connectivity index (χ1v) is 26.4. The minimum atomic E-state index is -0.162. The molecule has 0 bridgehead atoms. The van der Waals surface area contributed by atoms with Gasteiger partial charge in [0.1, 0.15) is 19.0 Å². The Bertz CT molecular complexity index is 2820. The average molecular weight is 984 g/mol. The van der Waals surface area contributed by atoms with Crippen molar-refractivity contribution in [2.75, 3.05) is 65.4 Å². The maximum Gasteiger partial charge on any atom is 0.260 e. The van der Waals surface area contributed by atoms with Crippen LogP contribution in [0, 0.1) is 0 Å². The maximum absolute atomic E-state index is 14.3. The van der Waals surface area contributed by atoms with Gasteiger partial charge in [0.05, 0.1) is 48.8 Å². The summed E-state index contributed by atoms with van der Waals surface area (Å²) in [7, 11) is 8.62. The van der Waals surface area contributed by atoms with Gasteiger partial charge in [-0.3, -0.25) is 19.2 Å². The van der Waals surface area contributed by atoms with Gasteiger partial charge in [-0.2, -0.15) is 0 Å². The first-order chi connectivity index (χ1) is 33.8. The Morgan fingerprint density at radius 1 is 0.743 bits per heavy atom. The van der Waals surface area contributed by atoms with Crippen molar-refractivity contribution in [1.29, 1.82) is 0 Å². The topological polar surface area (TPSA) is 139 Å². The minimum Gasteiger partial charge on any atom is -0.493 e. The maximum atomic E-state index is 14.3. The number of ether oxygens (including phenoxy) is 4. The molecule has 9 rings (SSSR count). The second-order valence-corrected chi connectivity index (χ2v) is 22.1. The number of ketones is 1. The lowest BCUT2D eigenvalue weighted by atomic mass is 10.1. The fourth-order valence-corrected chi connectivity index (χ4v) is 12.5. The van der Waals surface area contributed by atoms with E-state index in [4.69, 9.17) is 18.9 Å². The van der Waals surface area contributed by atoms with Crippen molar-refractivity contribution in [3.05, 3.63) is 124 Å². The lowest BCUT2D eigenvalue weighted by Crippen LogP contribution is -2.41. The number of rotatable bonds is 19. The minimum absolute atomic E-state index is 0.00579. The number of amides is 3. The van der Waals surface area contributed by atoms with E-state index >= 15 is 0 Å². The number of para-hydroxylation sites is 2. The largest absolute Gasteiger partial charge is 0.493 e. The van der Waals surface area contributed by atoms with E-state index in [1.807, 2.05) is 90.5 Å². The average Bonchev–Trinajstić information content (AvgIpc) is 3.86. The Hall–Kier alpha value is -6.32. The van der Waals surface area contributed by atoms with Gasteiger partial charge < -0.3 is 44.3 Å². The number of nitrogens with zero attached hydrogens (tertiary/aromatic N) is 3.